The van der Waals surface area contributed by atoms with Gasteiger partial charge in [0.05, 0.1) is 45.2 Å². The zero-order valence-electron chi connectivity index (χ0n) is 60.1. The molecule has 0 saturated carbocycles. The smallest absolute Gasteiger partial charge is 0.249 e. The third kappa shape index (κ3) is 34.3. The van der Waals surface area contributed by atoms with Gasteiger partial charge in [-0.05, 0) is 64.2 Å². The maximum atomic E-state index is 13.9. The van der Waals surface area contributed by atoms with Crippen LogP contribution < -0.4 is 47.9 Å². The lowest BCUT2D eigenvalue weighted by Gasteiger charge is -2.42. The summed E-state index contributed by atoms with van der Waals surface area (Å²) in [5, 5.41) is 126. The van der Waals surface area contributed by atoms with Crippen molar-refractivity contribution < 1.29 is 127 Å². The van der Waals surface area contributed by atoms with Gasteiger partial charge in [-0.2, -0.15) is 0 Å². The molecule has 4 aliphatic heterocycles. The van der Waals surface area contributed by atoms with E-state index in [9.17, 15) is 94.2 Å². The third-order valence-electron chi connectivity index (χ3n) is 18.3. The summed E-state index contributed by atoms with van der Waals surface area (Å²) in [5.41, 5.74) is 0. The number of nitrogens with one attached hydrogen (secondary N) is 9. The molecule has 0 aromatic carbocycles. The normalized spacial score (nSPS) is 27.6. The van der Waals surface area contributed by atoms with Gasteiger partial charge in [0.25, 0.3) is 0 Å². The Morgan fingerprint density at radius 3 is 1.20 bits per heavy atom. The van der Waals surface area contributed by atoms with E-state index in [4.69, 9.17) is 33.2 Å². The molecule has 35 heteroatoms. The summed E-state index contributed by atoms with van der Waals surface area (Å²) in [5.74, 6) is -4.99. The van der Waals surface area contributed by atoms with Crippen LogP contribution in [0.2, 0.25) is 0 Å². The minimum atomic E-state index is -1.46. The highest BCUT2D eigenvalue weighted by Crippen LogP contribution is 2.26. The Hall–Kier alpha value is -5.45. The zero-order chi connectivity index (χ0) is 75.6. The lowest BCUT2D eigenvalue weighted by Crippen LogP contribution is -2.64. The van der Waals surface area contributed by atoms with Crippen LogP contribution in [-0.2, 0) is 76.3 Å². The van der Waals surface area contributed by atoms with Crippen LogP contribution in [0.15, 0.2) is 0 Å². The molecule has 594 valence electrons. The number of unbranched alkanes of at least 4 members (excludes halogenated alkanes) is 15. The molecule has 4 fully saturated rings. The molecule has 0 radical (unpaired) electrons. The van der Waals surface area contributed by atoms with Crippen LogP contribution in [0.3, 0.4) is 0 Å². The monoisotopic (exact) mass is 1480 g/mol. The number of aliphatic hydroxyl groups is 10. The minimum Gasteiger partial charge on any atom is -0.396 e. The quantitative estimate of drug-likeness (QED) is 0.0259. The van der Waals surface area contributed by atoms with Crippen LogP contribution in [0.1, 0.15) is 181 Å². The van der Waals surface area contributed by atoms with Crippen molar-refractivity contribution in [3.63, 3.8) is 0 Å². The van der Waals surface area contributed by atoms with E-state index in [1.165, 1.54) is 20.8 Å². The summed E-state index contributed by atoms with van der Waals surface area (Å²) < 4.78 is 39.7. The Balaban J connectivity index is 1.31. The van der Waals surface area contributed by atoms with Crippen molar-refractivity contribution in [1.29, 1.82) is 0 Å². The van der Waals surface area contributed by atoms with Crippen LogP contribution in [0.4, 0.5) is 0 Å². The number of rotatable bonds is 51. The molecule has 19 atom stereocenters. The molecule has 4 saturated heterocycles. The molecule has 19 N–H and O–H groups in total. The van der Waals surface area contributed by atoms with E-state index >= 15 is 0 Å². The van der Waals surface area contributed by atoms with Crippen molar-refractivity contribution in [1.82, 2.24) is 47.9 Å². The second kappa shape index (κ2) is 50.9. The van der Waals surface area contributed by atoms with Gasteiger partial charge in [-0.3, -0.25) is 43.2 Å². The Morgan fingerprint density at radius 1 is 0.398 bits per heavy atom. The van der Waals surface area contributed by atoms with Crippen molar-refractivity contribution >= 4 is 53.2 Å². The first-order valence-corrected chi connectivity index (χ1v) is 36.9. The summed E-state index contributed by atoms with van der Waals surface area (Å²) in [7, 11) is 0. The molecule has 0 aromatic heterocycles. The molecular formula is C68H121N9O26. The molecule has 4 heterocycles. The standard InChI is InChI=1S/C68H121N9O26/c1-41(81)73-54-60(91)57(88)44(36-78)39-101-66(54)97-32-20-12-9-16-28-69-51(85)26-24-46(63(94)70-29-18-10-13-21-33-98-67-55(74-42(2)82)61(92)58(89)49(37-79)102-67)77-53(87)27-25-47(76-52(86)23-15-7-5-4-6-8-17-31-72-65(96)48-35-45(84)40-100-48)64(95)71-30-19-11-14-22-34-99-68-56(75-43(3)83)62(93)59(90)50(38-80)103-68/h44-50,54-62,66-68,78-80,84,88-93H,4-40H2,1-3H3,(H,69,85)(H,70,94)(H,71,95)(H,72,96)(H,73,81)(H,74,82)(H,75,83)(H,76,86)(H,77,87)/t44?,45-,46?,47?,48-,49?,50?,54?,55?,56?,57?,58?,59?,60?,61?,62?,66?,67?,68?/m1/s1. The van der Waals surface area contributed by atoms with E-state index in [0.717, 1.165) is 38.5 Å². The van der Waals surface area contributed by atoms with Crippen LogP contribution >= 0.6 is 0 Å². The van der Waals surface area contributed by atoms with E-state index in [2.05, 4.69) is 47.9 Å². The van der Waals surface area contributed by atoms with E-state index < -0.39 is 177 Å². The lowest BCUT2D eigenvalue weighted by molar-refractivity contribution is -0.270. The van der Waals surface area contributed by atoms with E-state index in [-0.39, 0.29) is 96.5 Å². The van der Waals surface area contributed by atoms with Crippen LogP contribution in [0, 0.1) is 5.92 Å². The third-order valence-corrected chi connectivity index (χ3v) is 18.3. The van der Waals surface area contributed by atoms with E-state index in [1.807, 2.05) is 0 Å². The van der Waals surface area contributed by atoms with Gasteiger partial charge in [-0.25, -0.2) is 0 Å². The highest BCUT2D eigenvalue weighted by Gasteiger charge is 2.47. The molecule has 35 nitrogen and oxygen atoms in total. The highest BCUT2D eigenvalue weighted by atomic mass is 16.7. The molecule has 0 aliphatic carbocycles. The van der Waals surface area contributed by atoms with Gasteiger partial charge in [-0.1, -0.05) is 70.6 Å². The number of aliphatic hydroxyl groups excluding tert-OH is 10. The Bertz CT molecular complexity index is 2500. The van der Waals surface area contributed by atoms with Crippen molar-refractivity contribution in [2.45, 2.75) is 291 Å². The van der Waals surface area contributed by atoms with Gasteiger partial charge in [0.1, 0.15) is 79.0 Å². The molecule has 103 heavy (non-hydrogen) atoms. The molecule has 4 aliphatic rings. The Kier molecular flexibility index (Phi) is 44.5. The Morgan fingerprint density at radius 2 is 0.777 bits per heavy atom. The second-order valence-corrected chi connectivity index (χ2v) is 27.0. The van der Waals surface area contributed by atoms with Gasteiger partial charge in [0, 0.05) is 98.4 Å². The van der Waals surface area contributed by atoms with Crippen molar-refractivity contribution in [2.24, 2.45) is 5.92 Å². The fourth-order valence-electron chi connectivity index (χ4n) is 12.4. The first-order valence-electron chi connectivity index (χ1n) is 36.9. The lowest BCUT2D eigenvalue weighted by atomic mass is 9.96. The number of amides is 9. The minimum absolute atomic E-state index is 0.103. The average Bonchev–Trinajstić information content (AvgIpc) is 1.79. The molecule has 9 amide bonds. The molecular weight excluding hydrogens is 1360 g/mol. The van der Waals surface area contributed by atoms with Crippen molar-refractivity contribution in [3.05, 3.63) is 0 Å². The van der Waals surface area contributed by atoms with Crippen molar-refractivity contribution in [3.8, 4) is 0 Å². The SMILES string of the molecule is CC(=O)NC1C(OCCCCCCNC(=O)CCC(NC(=O)CCC(NC(=O)CCCCCCCCCNC(=O)[C@H]2C[C@@H](O)CO2)C(=O)NCCCCCCOC2OC(CO)C(O)C(O)C2NC(C)=O)C(=O)NCCCCCCOC2OC(CO)C(O)C(O)C2NC(C)=O)OCC(CO)C(O)C1O. The van der Waals surface area contributed by atoms with Gasteiger partial charge in [-0.15, -0.1) is 0 Å². The second-order valence-electron chi connectivity index (χ2n) is 27.0. The van der Waals surface area contributed by atoms with Gasteiger partial charge in [0.15, 0.2) is 18.9 Å². The highest BCUT2D eigenvalue weighted by molar-refractivity contribution is 5.90. The number of ether oxygens (including phenoxy) is 7. The van der Waals surface area contributed by atoms with E-state index in [1.54, 1.807) is 0 Å². The summed E-state index contributed by atoms with van der Waals surface area (Å²) >= 11 is 0. The maximum Gasteiger partial charge on any atom is 0.249 e. The van der Waals surface area contributed by atoms with Crippen LogP contribution in [-0.4, -0.2) is 293 Å². The predicted octanol–water partition coefficient (Wildman–Crippen LogP) is -3.94. The Labute approximate surface area is 602 Å². The number of hydrogen-bond acceptors (Lipinski definition) is 26. The van der Waals surface area contributed by atoms with Gasteiger partial charge >= 0.3 is 0 Å². The van der Waals surface area contributed by atoms with Crippen LogP contribution in [0.5, 0.6) is 0 Å². The fraction of sp³-hybridized carbons (Fsp3) is 0.868. The first-order chi connectivity index (χ1) is 49.4. The summed E-state index contributed by atoms with van der Waals surface area (Å²) in [6.45, 7) is 3.74. The molecule has 0 aromatic rings. The molecule has 0 spiro atoms. The fourth-order valence-corrected chi connectivity index (χ4v) is 12.4. The van der Waals surface area contributed by atoms with Crippen molar-refractivity contribution in [2.75, 3.05) is 79.0 Å². The number of carbonyl (C=O) groups excluding carboxylic acids is 9. The summed E-state index contributed by atoms with van der Waals surface area (Å²) in [6, 6.07) is -5.60. The average molecular weight is 1480 g/mol. The zero-order valence-corrected chi connectivity index (χ0v) is 60.1. The van der Waals surface area contributed by atoms with Gasteiger partial charge in [0.2, 0.25) is 53.2 Å². The van der Waals surface area contributed by atoms with E-state index in [0.29, 0.717) is 96.6 Å². The first kappa shape index (κ1) is 89.9. The molecule has 0 bridgehead atoms. The van der Waals surface area contributed by atoms with Gasteiger partial charge < -0.3 is 132 Å². The summed E-state index contributed by atoms with van der Waals surface area (Å²) in [4.78, 5) is 116. The summed E-state index contributed by atoms with van der Waals surface area (Å²) in [6.07, 6.45) is -3.38. The molecule has 17 unspecified atom stereocenters. The predicted molar refractivity (Wildman–Crippen MR) is 366 cm³/mol. The number of carbonyl (C=O) groups is 9. The topological polar surface area (TPSA) is 529 Å². The molecule has 4 rings (SSSR count). The maximum absolute atomic E-state index is 13.9. The largest absolute Gasteiger partial charge is 0.396 e. The number of hydrogen-bond donors (Lipinski definition) is 19. The van der Waals surface area contributed by atoms with Crippen LogP contribution in [0.25, 0.3) is 0 Å².